The number of rotatable bonds is 7. The molecule has 0 unspecified atom stereocenters. The van der Waals surface area contributed by atoms with E-state index in [1.807, 2.05) is 17.5 Å². The van der Waals surface area contributed by atoms with Gasteiger partial charge in [0.05, 0.1) is 12.0 Å². The number of methoxy groups -OCH3 is 1. The van der Waals surface area contributed by atoms with Crippen molar-refractivity contribution in [1.82, 2.24) is 10.3 Å². The summed E-state index contributed by atoms with van der Waals surface area (Å²) in [5.74, 6) is -0.395. The Labute approximate surface area is 131 Å². The second-order valence-electron chi connectivity index (χ2n) is 4.30. The fourth-order valence-corrected chi connectivity index (χ4v) is 3.29. The second-order valence-corrected chi connectivity index (χ2v) is 6.11. The van der Waals surface area contributed by atoms with Gasteiger partial charge in [-0.05, 0) is 24.3 Å². The molecule has 0 aromatic carbocycles. The van der Waals surface area contributed by atoms with Crippen LogP contribution in [0, 0.1) is 0 Å². The molecule has 2 heterocycles. The number of nitrogens with zero attached hydrogens (tertiary/aromatic N) is 1. The highest BCUT2D eigenvalue weighted by atomic mass is 32.1. The summed E-state index contributed by atoms with van der Waals surface area (Å²) in [6.07, 6.45) is 1.82. The zero-order valence-corrected chi connectivity index (χ0v) is 13.3. The molecule has 0 aliphatic carbocycles. The SMILES string of the molecule is COC(=O)CCCCNC(=O)c1csc(-c2cccs2)n1. The van der Waals surface area contributed by atoms with Gasteiger partial charge >= 0.3 is 5.97 Å². The molecule has 21 heavy (non-hydrogen) atoms. The Morgan fingerprint density at radius 2 is 2.19 bits per heavy atom. The maximum absolute atomic E-state index is 11.9. The first-order valence-corrected chi connectivity index (χ1v) is 8.31. The Morgan fingerprint density at radius 3 is 2.90 bits per heavy atom. The standard InChI is InChI=1S/C14H16N2O3S2/c1-19-12(17)6-2-3-7-15-13(18)10-9-21-14(16-10)11-5-4-8-20-11/h4-5,8-9H,2-3,6-7H2,1H3,(H,15,18). The van der Waals surface area contributed by atoms with Gasteiger partial charge in [0.2, 0.25) is 0 Å². The van der Waals surface area contributed by atoms with Crippen LogP contribution in [0.4, 0.5) is 0 Å². The third-order valence-electron chi connectivity index (χ3n) is 2.79. The normalized spacial score (nSPS) is 10.3. The summed E-state index contributed by atoms with van der Waals surface area (Å²) in [4.78, 5) is 28.3. The number of amides is 1. The zero-order valence-electron chi connectivity index (χ0n) is 11.6. The van der Waals surface area contributed by atoms with E-state index in [2.05, 4.69) is 15.0 Å². The molecule has 2 rings (SSSR count). The van der Waals surface area contributed by atoms with Crippen LogP contribution in [0.25, 0.3) is 9.88 Å². The number of hydrogen-bond donors (Lipinski definition) is 1. The third kappa shape index (κ3) is 4.64. The van der Waals surface area contributed by atoms with E-state index in [0.29, 0.717) is 25.1 Å². The lowest BCUT2D eigenvalue weighted by Crippen LogP contribution is -2.24. The van der Waals surface area contributed by atoms with Gasteiger partial charge in [-0.1, -0.05) is 6.07 Å². The van der Waals surface area contributed by atoms with Crippen molar-refractivity contribution in [2.45, 2.75) is 19.3 Å². The van der Waals surface area contributed by atoms with Crippen LogP contribution in [0.3, 0.4) is 0 Å². The van der Waals surface area contributed by atoms with E-state index in [-0.39, 0.29) is 11.9 Å². The third-order valence-corrected chi connectivity index (χ3v) is 4.67. The summed E-state index contributed by atoms with van der Waals surface area (Å²) in [7, 11) is 1.37. The first kappa shape index (κ1) is 15.7. The number of unbranched alkanes of at least 4 members (excludes halogenated alkanes) is 1. The van der Waals surface area contributed by atoms with Crippen LogP contribution in [0.5, 0.6) is 0 Å². The number of thiophene rings is 1. The van der Waals surface area contributed by atoms with E-state index in [1.54, 1.807) is 16.7 Å². The van der Waals surface area contributed by atoms with E-state index < -0.39 is 0 Å². The van der Waals surface area contributed by atoms with Crippen LogP contribution >= 0.6 is 22.7 Å². The largest absolute Gasteiger partial charge is 0.469 e. The Morgan fingerprint density at radius 1 is 1.33 bits per heavy atom. The minimum atomic E-state index is -0.221. The number of carbonyl (C=O) groups is 2. The molecule has 0 bridgehead atoms. The van der Waals surface area contributed by atoms with E-state index in [9.17, 15) is 9.59 Å². The van der Waals surface area contributed by atoms with Crippen molar-refractivity contribution in [3.05, 3.63) is 28.6 Å². The van der Waals surface area contributed by atoms with Gasteiger partial charge in [-0.2, -0.15) is 0 Å². The highest BCUT2D eigenvalue weighted by Crippen LogP contribution is 2.27. The number of thiazole rings is 1. The van der Waals surface area contributed by atoms with Crippen LogP contribution in [0.1, 0.15) is 29.8 Å². The van der Waals surface area contributed by atoms with Crippen molar-refractivity contribution in [1.29, 1.82) is 0 Å². The van der Waals surface area contributed by atoms with Crippen molar-refractivity contribution in [3.63, 3.8) is 0 Å². The van der Waals surface area contributed by atoms with Crippen molar-refractivity contribution in [3.8, 4) is 9.88 Å². The highest BCUT2D eigenvalue weighted by molar-refractivity contribution is 7.20. The molecule has 2 aromatic heterocycles. The fraction of sp³-hybridized carbons (Fsp3) is 0.357. The van der Waals surface area contributed by atoms with E-state index in [4.69, 9.17) is 0 Å². The molecule has 0 aliphatic heterocycles. The number of nitrogens with one attached hydrogen (secondary N) is 1. The monoisotopic (exact) mass is 324 g/mol. The molecule has 0 saturated heterocycles. The molecule has 5 nitrogen and oxygen atoms in total. The lowest BCUT2D eigenvalue weighted by molar-refractivity contribution is -0.140. The Balaban J connectivity index is 1.75. The molecule has 0 spiro atoms. The average Bonchev–Trinajstić information content (AvgIpc) is 3.16. The molecule has 0 radical (unpaired) electrons. The van der Waals surface area contributed by atoms with Crippen LogP contribution in [0.15, 0.2) is 22.9 Å². The number of ether oxygens (including phenoxy) is 1. The summed E-state index contributed by atoms with van der Waals surface area (Å²) in [5, 5.41) is 7.41. The quantitative estimate of drug-likeness (QED) is 0.628. The molecule has 0 atom stereocenters. The minimum absolute atomic E-state index is 0.174. The van der Waals surface area contributed by atoms with Crippen molar-refractivity contribution >= 4 is 34.6 Å². The van der Waals surface area contributed by atoms with Gasteiger partial charge in [-0.15, -0.1) is 22.7 Å². The van der Waals surface area contributed by atoms with Crippen LogP contribution < -0.4 is 5.32 Å². The molecule has 0 saturated carbocycles. The Hall–Kier alpha value is -1.73. The fourth-order valence-electron chi connectivity index (χ4n) is 1.68. The molecule has 1 amide bonds. The van der Waals surface area contributed by atoms with Gasteiger partial charge in [-0.25, -0.2) is 4.98 Å². The van der Waals surface area contributed by atoms with Crippen molar-refractivity contribution in [2.24, 2.45) is 0 Å². The van der Waals surface area contributed by atoms with Gasteiger partial charge in [0.15, 0.2) is 0 Å². The number of hydrogen-bond acceptors (Lipinski definition) is 6. The lowest BCUT2D eigenvalue weighted by atomic mass is 10.2. The summed E-state index contributed by atoms with van der Waals surface area (Å²) in [6, 6.07) is 3.94. The zero-order chi connectivity index (χ0) is 15.1. The van der Waals surface area contributed by atoms with Gasteiger partial charge in [0.25, 0.3) is 5.91 Å². The maximum Gasteiger partial charge on any atom is 0.305 e. The molecule has 0 aliphatic rings. The minimum Gasteiger partial charge on any atom is -0.469 e. The van der Waals surface area contributed by atoms with Gasteiger partial charge in [-0.3, -0.25) is 9.59 Å². The Bertz CT molecular complexity index is 593. The van der Waals surface area contributed by atoms with Gasteiger partial charge in [0.1, 0.15) is 10.7 Å². The van der Waals surface area contributed by atoms with Crippen LogP contribution in [-0.2, 0) is 9.53 Å². The van der Waals surface area contributed by atoms with Crippen LogP contribution in [-0.4, -0.2) is 30.5 Å². The van der Waals surface area contributed by atoms with Crippen molar-refractivity contribution < 1.29 is 14.3 Å². The molecule has 2 aromatic rings. The summed E-state index contributed by atoms with van der Waals surface area (Å²) in [6.45, 7) is 0.529. The molecule has 112 valence electrons. The average molecular weight is 324 g/mol. The number of esters is 1. The Kier molecular flexibility index (Phi) is 5.89. The van der Waals surface area contributed by atoms with Gasteiger partial charge < -0.3 is 10.1 Å². The van der Waals surface area contributed by atoms with Crippen LogP contribution in [0.2, 0.25) is 0 Å². The predicted octanol–water partition coefficient (Wildman–Crippen LogP) is 2.94. The summed E-state index contributed by atoms with van der Waals surface area (Å²) >= 11 is 3.07. The topological polar surface area (TPSA) is 68.3 Å². The smallest absolute Gasteiger partial charge is 0.305 e. The van der Waals surface area contributed by atoms with E-state index in [0.717, 1.165) is 16.3 Å². The molecular weight excluding hydrogens is 308 g/mol. The van der Waals surface area contributed by atoms with Gasteiger partial charge in [0, 0.05) is 18.3 Å². The summed E-state index contributed by atoms with van der Waals surface area (Å²) in [5.41, 5.74) is 0.441. The predicted molar refractivity (Wildman–Crippen MR) is 83.6 cm³/mol. The number of carbonyl (C=O) groups excluding carboxylic acids is 2. The second kappa shape index (κ2) is 7.90. The first-order chi connectivity index (χ1) is 10.2. The lowest BCUT2D eigenvalue weighted by Gasteiger charge is -2.02. The highest BCUT2D eigenvalue weighted by Gasteiger charge is 2.11. The van der Waals surface area contributed by atoms with E-state index in [1.165, 1.54) is 18.4 Å². The first-order valence-electron chi connectivity index (χ1n) is 6.55. The van der Waals surface area contributed by atoms with E-state index >= 15 is 0 Å². The maximum atomic E-state index is 11.9. The molecule has 0 fully saturated rings. The molecule has 1 N–H and O–H groups in total. The molecule has 7 heteroatoms. The van der Waals surface area contributed by atoms with Crippen molar-refractivity contribution in [2.75, 3.05) is 13.7 Å². The number of aromatic nitrogens is 1. The summed E-state index contributed by atoms with van der Waals surface area (Å²) < 4.78 is 4.55. The molecular formula is C14H16N2O3S2.